The summed E-state index contributed by atoms with van der Waals surface area (Å²) in [6.07, 6.45) is 6.62. The summed E-state index contributed by atoms with van der Waals surface area (Å²) in [4.78, 5) is 0. The highest BCUT2D eigenvalue weighted by Gasteiger charge is 2.08. The Morgan fingerprint density at radius 2 is 2.31 bits per heavy atom. The predicted molar refractivity (Wildman–Crippen MR) is 50.1 cm³/mol. The molecule has 0 saturated heterocycles. The zero-order valence-electron chi connectivity index (χ0n) is 8.03. The van der Waals surface area contributed by atoms with Gasteiger partial charge >= 0.3 is 0 Å². The summed E-state index contributed by atoms with van der Waals surface area (Å²) in [6, 6.07) is 0. The first-order valence-electron chi connectivity index (χ1n) is 4.88. The van der Waals surface area contributed by atoms with E-state index in [1.165, 1.54) is 19.3 Å². The lowest BCUT2D eigenvalue weighted by atomic mass is 10.1. The van der Waals surface area contributed by atoms with Crippen molar-refractivity contribution in [3.63, 3.8) is 0 Å². The van der Waals surface area contributed by atoms with Crippen LogP contribution in [0.25, 0.3) is 0 Å². The van der Waals surface area contributed by atoms with Gasteiger partial charge in [-0.1, -0.05) is 32.6 Å². The molecule has 1 aromatic heterocycles. The van der Waals surface area contributed by atoms with Crippen LogP contribution < -0.4 is 0 Å². The number of nitrogens with zero attached hydrogens (tertiary/aromatic N) is 2. The second-order valence-corrected chi connectivity index (χ2v) is 3.26. The van der Waals surface area contributed by atoms with Crippen molar-refractivity contribution in [2.45, 2.75) is 45.1 Å². The van der Waals surface area contributed by atoms with Gasteiger partial charge in [-0.3, -0.25) is 0 Å². The largest absolute Gasteiger partial charge is 0.387 e. The monoisotopic (exact) mass is 183 g/mol. The zero-order chi connectivity index (χ0) is 9.52. The first-order valence-corrected chi connectivity index (χ1v) is 4.88. The number of aromatic amines is 1. The number of hydrogen-bond acceptors (Lipinski definition) is 3. The number of rotatable bonds is 6. The van der Waals surface area contributed by atoms with Crippen LogP contribution in [-0.4, -0.2) is 20.5 Å². The minimum absolute atomic E-state index is 0.449. The molecule has 4 heteroatoms. The van der Waals surface area contributed by atoms with Gasteiger partial charge in [0.25, 0.3) is 0 Å². The molecule has 1 unspecified atom stereocenters. The molecule has 74 valence electrons. The molecule has 0 aromatic carbocycles. The molecule has 13 heavy (non-hydrogen) atoms. The van der Waals surface area contributed by atoms with Crippen LogP contribution in [0.15, 0.2) is 6.20 Å². The highest BCUT2D eigenvalue weighted by atomic mass is 16.3. The molecule has 1 atom stereocenters. The van der Waals surface area contributed by atoms with Crippen molar-refractivity contribution in [2.24, 2.45) is 0 Å². The first kappa shape index (κ1) is 10.2. The van der Waals surface area contributed by atoms with E-state index in [1.54, 1.807) is 6.20 Å². The molecular formula is C9H17N3O. The normalized spacial score (nSPS) is 13.1. The third-order valence-corrected chi connectivity index (χ3v) is 2.11. The van der Waals surface area contributed by atoms with Crippen molar-refractivity contribution >= 4 is 0 Å². The van der Waals surface area contributed by atoms with Crippen LogP contribution in [0.3, 0.4) is 0 Å². The Balaban J connectivity index is 2.15. The van der Waals surface area contributed by atoms with Gasteiger partial charge in [0.2, 0.25) is 0 Å². The summed E-state index contributed by atoms with van der Waals surface area (Å²) in [6.45, 7) is 2.17. The Bertz CT molecular complexity index is 211. The average molecular weight is 183 g/mol. The molecule has 0 saturated carbocycles. The first-order chi connectivity index (χ1) is 6.34. The maximum Gasteiger partial charge on any atom is 0.111 e. The fourth-order valence-electron chi connectivity index (χ4n) is 1.28. The fraction of sp³-hybridized carbons (Fsp3) is 0.778. The molecule has 4 nitrogen and oxygen atoms in total. The van der Waals surface area contributed by atoms with Crippen LogP contribution in [0.1, 0.15) is 50.8 Å². The van der Waals surface area contributed by atoms with Crippen LogP contribution >= 0.6 is 0 Å². The van der Waals surface area contributed by atoms with Crippen LogP contribution in [0, 0.1) is 0 Å². The number of aliphatic hydroxyl groups is 1. The van der Waals surface area contributed by atoms with Gasteiger partial charge < -0.3 is 5.11 Å². The second kappa shape index (κ2) is 5.70. The third-order valence-electron chi connectivity index (χ3n) is 2.11. The molecule has 0 bridgehead atoms. The topological polar surface area (TPSA) is 61.8 Å². The van der Waals surface area contributed by atoms with E-state index >= 15 is 0 Å². The van der Waals surface area contributed by atoms with Gasteiger partial charge in [0.05, 0.1) is 12.3 Å². The van der Waals surface area contributed by atoms with Gasteiger partial charge in [0.15, 0.2) is 0 Å². The molecule has 0 aliphatic rings. The number of unbranched alkanes of at least 4 members (excludes halogenated alkanes) is 3. The average Bonchev–Trinajstić information content (AvgIpc) is 2.65. The standard InChI is InChI=1S/C9H17N3O/c1-2-3-4-5-6-9(13)8-7-10-12-11-8/h7,9,13H,2-6H2,1H3,(H,10,11,12). The van der Waals surface area contributed by atoms with Crippen molar-refractivity contribution < 1.29 is 5.11 Å². The van der Waals surface area contributed by atoms with E-state index in [0.29, 0.717) is 5.69 Å². The minimum Gasteiger partial charge on any atom is -0.387 e. The lowest BCUT2D eigenvalue weighted by Gasteiger charge is -2.05. The lowest BCUT2D eigenvalue weighted by molar-refractivity contribution is 0.158. The van der Waals surface area contributed by atoms with Crippen molar-refractivity contribution in [3.8, 4) is 0 Å². The quantitative estimate of drug-likeness (QED) is 0.661. The SMILES string of the molecule is CCCCCCC(O)c1cn[nH]n1. The zero-order valence-corrected chi connectivity index (χ0v) is 8.03. The van der Waals surface area contributed by atoms with Gasteiger partial charge in [0.1, 0.15) is 5.69 Å². The van der Waals surface area contributed by atoms with Crippen LogP contribution in [0.4, 0.5) is 0 Å². The summed E-state index contributed by atoms with van der Waals surface area (Å²) in [5.74, 6) is 0. The van der Waals surface area contributed by atoms with Crippen molar-refractivity contribution in [3.05, 3.63) is 11.9 Å². The lowest BCUT2D eigenvalue weighted by Crippen LogP contribution is -1.97. The summed E-state index contributed by atoms with van der Waals surface area (Å²) in [5, 5.41) is 19.6. The fourth-order valence-corrected chi connectivity index (χ4v) is 1.28. The van der Waals surface area contributed by atoms with Gasteiger partial charge in [-0.2, -0.15) is 15.4 Å². The number of aromatic nitrogens is 3. The Kier molecular flexibility index (Phi) is 4.46. The molecule has 1 heterocycles. The Labute approximate surface area is 78.4 Å². The second-order valence-electron chi connectivity index (χ2n) is 3.26. The highest BCUT2D eigenvalue weighted by molar-refractivity contribution is 4.95. The van der Waals surface area contributed by atoms with E-state index in [1.807, 2.05) is 0 Å². The van der Waals surface area contributed by atoms with E-state index in [2.05, 4.69) is 22.3 Å². The van der Waals surface area contributed by atoms with Crippen LogP contribution in [0.5, 0.6) is 0 Å². The summed E-state index contributed by atoms with van der Waals surface area (Å²) < 4.78 is 0. The van der Waals surface area contributed by atoms with Gasteiger partial charge in [-0.15, -0.1) is 0 Å². The number of nitrogens with one attached hydrogen (secondary N) is 1. The molecule has 0 aliphatic heterocycles. The van der Waals surface area contributed by atoms with E-state index in [4.69, 9.17) is 0 Å². The molecule has 0 fully saturated rings. The van der Waals surface area contributed by atoms with Crippen molar-refractivity contribution in [1.29, 1.82) is 0 Å². The number of H-pyrrole nitrogens is 1. The Hall–Kier alpha value is -0.900. The smallest absolute Gasteiger partial charge is 0.111 e. The molecule has 2 N–H and O–H groups in total. The maximum absolute atomic E-state index is 9.59. The highest BCUT2D eigenvalue weighted by Crippen LogP contribution is 2.16. The molecule has 0 amide bonds. The third kappa shape index (κ3) is 3.55. The van der Waals surface area contributed by atoms with Gasteiger partial charge in [0, 0.05) is 0 Å². The summed E-state index contributed by atoms with van der Waals surface area (Å²) in [5.41, 5.74) is 0.650. The predicted octanol–water partition coefficient (Wildman–Crippen LogP) is 1.81. The molecule has 0 radical (unpaired) electrons. The number of hydrogen-bond donors (Lipinski definition) is 2. The summed E-state index contributed by atoms with van der Waals surface area (Å²) in [7, 11) is 0. The molecule has 1 rings (SSSR count). The summed E-state index contributed by atoms with van der Waals surface area (Å²) >= 11 is 0. The number of aliphatic hydroxyl groups excluding tert-OH is 1. The maximum atomic E-state index is 9.59. The molecule has 0 spiro atoms. The molecule has 1 aromatic rings. The van der Waals surface area contributed by atoms with Crippen LogP contribution in [0.2, 0.25) is 0 Å². The molecule has 0 aliphatic carbocycles. The van der Waals surface area contributed by atoms with Gasteiger partial charge in [-0.05, 0) is 6.42 Å². The van der Waals surface area contributed by atoms with E-state index in [9.17, 15) is 5.11 Å². The van der Waals surface area contributed by atoms with E-state index in [0.717, 1.165) is 12.8 Å². The van der Waals surface area contributed by atoms with Crippen molar-refractivity contribution in [2.75, 3.05) is 0 Å². The van der Waals surface area contributed by atoms with E-state index < -0.39 is 6.10 Å². The van der Waals surface area contributed by atoms with Gasteiger partial charge in [-0.25, -0.2) is 0 Å². The Morgan fingerprint density at radius 3 is 2.92 bits per heavy atom. The molecular weight excluding hydrogens is 166 g/mol. The van der Waals surface area contributed by atoms with Crippen molar-refractivity contribution in [1.82, 2.24) is 15.4 Å². The van der Waals surface area contributed by atoms with E-state index in [-0.39, 0.29) is 0 Å². The minimum atomic E-state index is -0.449. The van der Waals surface area contributed by atoms with Crippen LogP contribution in [-0.2, 0) is 0 Å². The Morgan fingerprint density at radius 1 is 1.46 bits per heavy atom.